The number of Topliss-reactive ketones (excluding diaryl/α,β-unsaturated/α-hetero) is 1. The lowest BCUT2D eigenvalue weighted by atomic mass is 9.63. The van der Waals surface area contributed by atoms with Crippen molar-refractivity contribution >= 4 is 35.2 Å². The number of ketones is 1. The van der Waals surface area contributed by atoms with Crippen molar-refractivity contribution in [2.75, 3.05) is 18.6 Å². The smallest absolute Gasteiger partial charge is 0.343 e. The van der Waals surface area contributed by atoms with Crippen LogP contribution < -0.4 is 14.4 Å². The minimum absolute atomic E-state index is 0.137. The Morgan fingerprint density at radius 3 is 2.00 bits per heavy atom. The van der Waals surface area contributed by atoms with Gasteiger partial charge in [-0.05, 0) is 96.8 Å². The molecule has 3 fully saturated rings. The van der Waals surface area contributed by atoms with E-state index in [4.69, 9.17) is 14.2 Å². The molecule has 216 valence electrons. The van der Waals surface area contributed by atoms with Crippen molar-refractivity contribution in [3.63, 3.8) is 0 Å². The lowest BCUT2D eigenvalue weighted by Gasteiger charge is -2.37. The lowest BCUT2D eigenvalue weighted by molar-refractivity contribution is -0.124. The van der Waals surface area contributed by atoms with E-state index in [2.05, 4.69) is 12.2 Å². The van der Waals surface area contributed by atoms with Crippen LogP contribution in [0.5, 0.6) is 11.5 Å². The SMILES string of the molecule is COc1cccc(C(=O)Oc2ccc(C(=O)COC(=O)c3ccc(N4C(=O)C5C6C=CC(C7CC67)C5C4=O)cc3)cc2)c1. The van der Waals surface area contributed by atoms with Crippen molar-refractivity contribution < 1.29 is 38.2 Å². The highest BCUT2D eigenvalue weighted by molar-refractivity contribution is 6.22. The molecule has 4 aliphatic carbocycles. The standard InChI is InChI=1S/C34H27NO8/c1-41-23-4-2-3-20(15-23)34(40)43-22-11-7-18(8-12-22)28(36)17-42-33(39)19-5-9-21(10-6-19)35-31(37)29-24-13-14-25(27-16-26(24)27)30(29)32(35)38/h2-15,24-27,29-30H,16-17H2,1H3. The first-order valence-electron chi connectivity index (χ1n) is 14.2. The Morgan fingerprint density at radius 1 is 0.744 bits per heavy atom. The van der Waals surface area contributed by atoms with Crippen molar-refractivity contribution in [3.05, 3.63) is 102 Å². The van der Waals surface area contributed by atoms with Gasteiger partial charge in [0.25, 0.3) is 0 Å². The first-order valence-corrected chi connectivity index (χ1v) is 14.2. The van der Waals surface area contributed by atoms with Gasteiger partial charge in [-0.3, -0.25) is 19.3 Å². The molecule has 3 aromatic rings. The van der Waals surface area contributed by atoms with E-state index in [0.717, 1.165) is 6.42 Å². The molecule has 0 N–H and O–H groups in total. The number of nitrogens with zero attached hydrogens (tertiary/aromatic N) is 1. The molecular weight excluding hydrogens is 550 g/mol. The van der Waals surface area contributed by atoms with Gasteiger partial charge in [0.1, 0.15) is 11.5 Å². The number of allylic oxidation sites excluding steroid dienone is 2. The number of amides is 2. The summed E-state index contributed by atoms with van der Waals surface area (Å²) in [5.41, 5.74) is 1.21. The summed E-state index contributed by atoms with van der Waals surface area (Å²) in [6, 6.07) is 18.6. The largest absolute Gasteiger partial charge is 0.497 e. The molecule has 1 aliphatic heterocycles. The molecule has 1 saturated heterocycles. The van der Waals surface area contributed by atoms with Gasteiger partial charge >= 0.3 is 11.9 Å². The van der Waals surface area contributed by atoms with Crippen molar-refractivity contribution in [1.29, 1.82) is 0 Å². The molecule has 3 aromatic carbocycles. The molecule has 0 spiro atoms. The average molecular weight is 578 g/mol. The van der Waals surface area contributed by atoms with Crippen molar-refractivity contribution in [2.24, 2.45) is 35.5 Å². The highest BCUT2D eigenvalue weighted by Crippen LogP contribution is 2.65. The van der Waals surface area contributed by atoms with Crippen molar-refractivity contribution in [3.8, 4) is 11.5 Å². The molecule has 9 nitrogen and oxygen atoms in total. The summed E-state index contributed by atoms with van der Waals surface area (Å²) < 4.78 is 15.7. The van der Waals surface area contributed by atoms with E-state index in [1.54, 1.807) is 36.4 Å². The first-order chi connectivity index (χ1) is 20.8. The van der Waals surface area contributed by atoms with Gasteiger partial charge in [-0.15, -0.1) is 0 Å². The van der Waals surface area contributed by atoms with Gasteiger partial charge in [0.15, 0.2) is 12.4 Å². The Bertz CT molecular complexity index is 1660. The third-order valence-electron chi connectivity index (χ3n) is 9.05. The van der Waals surface area contributed by atoms with Crippen LogP contribution in [0.2, 0.25) is 0 Å². The third kappa shape index (κ3) is 4.61. The fourth-order valence-corrected chi connectivity index (χ4v) is 6.88. The van der Waals surface area contributed by atoms with E-state index in [0.29, 0.717) is 28.8 Å². The predicted octanol–water partition coefficient (Wildman–Crippen LogP) is 4.51. The van der Waals surface area contributed by atoms with E-state index >= 15 is 0 Å². The molecular formula is C34H27NO8. The van der Waals surface area contributed by atoms with Gasteiger partial charge in [0.2, 0.25) is 11.8 Å². The maximum absolute atomic E-state index is 13.3. The average Bonchev–Trinajstić information content (AvgIpc) is 3.82. The number of imide groups is 1. The second kappa shape index (κ2) is 10.3. The number of benzene rings is 3. The van der Waals surface area contributed by atoms with Gasteiger partial charge in [0.05, 0.1) is 35.8 Å². The van der Waals surface area contributed by atoms with E-state index in [-0.39, 0.29) is 52.4 Å². The summed E-state index contributed by atoms with van der Waals surface area (Å²) in [6.07, 6.45) is 5.35. The highest BCUT2D eigenvalue weighted by Gasteiger charge is 2.67. The molecule has 1 heterocycles. The van der Waals surface area contributed by atoms with Gasteiger partial charge in [-0.1, -0.05) is 18.2 Å². The van der Waals surface area contributed by atoms with E-state index < -0.39 is 24.3 Å². The fraction of sp³-hybridized carbons (Fsp3) is 0.265. The lowest BCUT2D eigenvalue weighted by Crippen LogP contribution is -2.40. The molecule has 8 rings (SSSR count). The summed E-state index contributed by atoms with van der Waals surface area (Å²) in [5, 5.41) is 0. The van der Waals surface area contributed by atoms with Crippen LogP contribution in [0.15, 0.2) is 84.9 Å². The number of carbonyl (C=O) groups excluding carboxylic acids is 5. The normalized spacial score (nSPS) is 26.0. The zero-order valence-electron chi connectivity index (χ0n) is 23.2. The summed E-state index contributed by atoms with van der Waals surface area (Å²) in [5.74, 6) is -0.554. The Balaban J connectivity index is 0.942. The molecule has 0 radical (unpaired) electrons. The molecule has 5 aliphatic rings. The number of hydrogen-bond acceptors (Lipinski definition) is 8. The monoisotopic (exact) mass is 577 g/mol. The van der Waals surface area contributed by atoms with Crippen LogP contribution in [-0.4, -0.2) is 43.3 Å². The number of methoxy groups -OCH3 is 1. The molecule has 2 bridgehead atoms. The zero-order chi connectivity index (χ0) is 29.8. The second-order valence-electron chi connectivity index (χ2n) is 11.4. The van der Waals surface area contributed by atoms with Crippen LogP contribution in [0.1, 0.15) is 37.5 Å². The Morgan fingerprint density at radius 2 is 1.37 bits per heavy atom. The summed E-state index contributed by atoms with van der Waals surface area (Å²) in [7, 11) is 1.50. The van der Waals surface area contributed by atoms with E-state index in [1.165, 1.54) is 48.4 Å². The van der Waals surface area contributed by atoms with Crippen LogP contribution >= 0.6 is 0 Å². The van der Waals surface area contributed by atoms with Crippen LogP contribution in [0.4, 0.5) is 5.69 Å². The van der Waals surface area contributed by atoms with Crippen LogP contribution in [-0.2, 0) is 14.3 Å². The van der Waals surface area contributed by atoms with Crippen LogP contribution in [0.25, 0.3) is 0 Å². The second-order valence-corrected chi connectivity index (χ2v) is 11.4. The zero-order valence-corrected chi connectivity index (χ0v) is 23.2. The van der Waals surface area contributed by atoms with E-state index in [9.17, 15) is 24.0 Å². The maximum Gasteiger partial charge on any atom is 0.343 e. The number of esters is 2. The topological polar surface area (TPSA) is 116 Å². The first kappa shape index (κ1) is 26.8. The molecule has 6 unspecified atom stereocenters. The molecule has 43 heavy (non-hydrogen) atoms. The number of hydrogen-bond donors (Lipinski definition) is 0. The minimum Gasteiger partial charge on any atom is -0.497 e. The Labute approximate surface area is 247 Å². The Hall–Kier alpha value is -5.05. The Kier molecular flexibility index (Phi) is 6.45. The number of ether oxygens (including phenoxy) is 3. The van der Waals surface area contributed by atoms with Crippen LogP contribution in [0, 0.1) is 35.5 Å². The predicted molar refractivity (Wildman–Crippen MR) is 153 cm³/mol. The van der Waals surface area contributed by atoms with Gasteiger partial charge in [-0.25, -0.2) is 9.59 Å². The molecule has 2 amide bonds. The molecule has 9 heteroatoms. The molecule has 6 atom stereocenters. The fourth-order valence-electron chi connectivity index (χ4n) is 6.88. The number of rotatable bonds is 8. The number of anilines is 1. The summed E-state index contributed by atoms with van der Waals surface area (Å²) in [6.45, 7) is -0.492. The van der Waals surface area contributed by atoms with E-state index in [1.807, 2.05) is 0 Å². The summed E-state index contributed by atoms with van der Waals surface area (Å²) >= 11 is 0. The third-order valence-corrected chi connectivity index (χ3v) is 9.05. The van der Waals surface area contributed by atoms with Gasteiger partial charge in [-0.2, -0.15) is 0 Å². The summed E-state index contributed by atoms with van der Waals surface area (Å²) in [4.78, 5) is 65.6. The van der Waals surface area contributed by atoms with Gasteiger partial charge < -0.3 is 14.2 Å². The maximum atomic E-state index is 13.3. The number of carbonyl (C=O) groups is 5. The van der Waals surface area contributed by atoms with Crippen molar-refractivity contribution in [2.45, 2.75) is 6.42 Å². The quantitative estimate of drug-likeness (QED) is 0.126. The molecule has 0 aromatic heterocycles. The molecule has 2 saturated carbocycles. The van der Waals surface area contributed by atoms with Crippen molar-refractivity contribution in [1.82, 2.24) is 0 Å². The van der Waals surface area contributed by atoms with Crippen LogP contribution in [0.3, 0.4) is 0 Å². The minimum atomic E-state index is -0.709. The van der Waals surface area contributed by atoms with Gasteiger partial charge in [0, 0.05) is 5.56 Å². The highest BCUT2D eigenvalue weighted by atomic mass is 16.5.